The third kappa shape index (κ3) is 3.66. The number of thioether (sulfide) groups is 1. The van der Waals surface area contributed by atoms with Gasteiger partial charge in [-0.15, -0.1) is 11.8 Å². The fraction of sp³-hybridized carbons (Fsp3) is 0.533. The molecule has 0 aliphatic carbocycles. The molecule has 0 aliphatic rings. The van der Waals surface area contributed by atoms with Gasteiger partial charge in [-0.2, -0.15) is 0 Å². The smallest absolute Gasteiger partial charge is 0.126 e. The lowest BCUT2D eigenvalue weighted by molar-refractivity contribution is 0.591. The van der Waals surface area contributed by atoms with E-state index in [0.29, 0.717) is 6.04 Å². The Bertz CT molecular complexity index is 427. The van der Waals surface area contributed by atoms with Gasteiger partial charge in [0.2, 0.25) is 0 Å². The van der Waals surface area contributed by atoms with Crippen molar-refractivity contribution in [3.63, 3.8) is 0 Å². The monoisotopic (exact) mass is 279 g/mol. The lowest BCUT2D eigenvalue weighted by atomic mass is 10.1. The van der Waals surface area contributed by atoms with Gasteiger partial charge >= 0.3 is 0 Å². The molecule has 4 heteroatoms. The molecule has 0 unspecified atom stereocenters. The fourth-order valence-electron chi connectivity index (χ4n) is 2.39. The van der Waals surface area contributed by atoms with Crippen molar-refractivity contribution in [3.05, 3.63) is 23.8 Å². The van der Waals surface area contributed by atoms with Gasteiger partial charge < -0.3 is 10.6 Å². The summed E-state index contributed by atoms with van der Waals surface area (Å²) in [4.78, 5) is 3.36. The normalized spacial score (nSPS) is 10.8. The average Bonchev–Trinajstić information content (AvgIpc) is 2.39. The van der Waals surface area contributed by atoms with Crippen LogP contribution in [0.2, 0.25) is 0 Å². The molecule has 0 aliphatic heterocycles. The predicted molar refractivity (Wildman–Crippen MR) is 86.6 cm³/mol. The molecule has 1 rings (SSSR count). The molecular formula is C15H25N3S. The number of amidine groups is 1. The molecule has 106 valence electrons. The SMILES string of the molecule is CCSc1cccc(N(C)C(CC)CC)c1C(=N)N. The van der Waals surface area contributed by atoms with E-state index in [0.717, 1.165) is 34.7 Å². The standard InChI is InChI=1S/C15H25N3S/c1-5-11(6-2)18(4)12-9-8-10-13(19-7-3)14(12)15(16)17/h8-11H,5-7H2,1-4H3,(H3,16,17). The summed E-state index contributed by atoms with van der Waals surface area (Å²) in [7, 11) is 2.10. The number of nitrogens with one attached hydrogen (secondary N) is 1. The molecule has 19 heavy (non-hydrogen) atoms. The highest BCUT2D eigenvalue weighted by molar-refractivity contribution is 7.99. The summed E-state index contributed by atoms with van der Waals surface area (Å²) in [5.41, 5.74) is 7.76. The quantitative estimate of drug-likeness (QED) is 0.454. The topological polar surface area (TPSA) is 53.1 Å². The molecule has 0 atom stereocenters. The summed E-state index contributed by atoms with van der Waals surface area (Å²) in [6.45, 7) is 6.51. The Labute approximate surface area is 121 Å². The highest BCUT2D eigenvalue weighted by atomic mass is 32.2. The molecule has 0 spiro atoms. The van der Waals surface area contributed by atoms with E-state index in [1.54, 1.807) is 11.8 Å². The Morgan fingerprint density at radius 3 is 2.42 bits per heavy atom. The van der Waals surface area contributed by atoms with Crippen LogP contribution >= 0.6 is 11.8 Å². The number of hydrogen-bond donors (Lipinski definition) is 2. The van der Waals surface area contributed by atoms with Crippen LogP contribution in [-0.4, -0.2) is 24.7 Å². The van der Waals surface area contributed by atoms with E-state index in [4.69, 9.17) is 11.1 Å². The van der Waals surface area contributed by atoms with Crippen LogP contribution in [-0.2, 0) is 0 Å². The van der Waals surface area contributed by atoms with Crippen LogP contribution in [0, 0.1) is 5.41 Å². The van der Waals surface area contributed by atoms with Gasteiger partial charge in [-0.1, -0.05) is 26.8 Å². The summed E-state index contributed by atoms with van der Waals surface area (Å²) >= 11 is 1.74. The summed E-state index contributed by atoms with van der Waals surface area (Å²) < 4.78 is 0. The Morgan fingerprint density at radius 2 is 1.95 bits per heavy atom. The molecule has 0 aromatic heterocycles. The van der Waals surface area contributed by atoms with Crippen molar-refractivity contribution in [2.75, 3.05) is 17.7 Å². The molecule has 0 radical (unpaired) electrons. The second-order valence-electron chi connectivity index (χ2n) is 4.58. The van der Waals surface area contributed by atoms with Gasteiger partial charge in [0.1, 0.15) is 5.84 Å². The summed E-state index contributed by atoms with van der Waals surface area (Å²) in [6.07, 6.45) is 2.19. The maximum absolute atomic E-state index is 7.88. The first-order chi connectivity index (χ1) is 9.06. The first kappa shape index (κ1) is 15.9. The van der Waals surface area contributed by atoms with E-state index in [1.807, 2.05) is 0 Å². The van der Waals surface area contributed by atoms with Crippen LogP contribution in [0.4, 0.5) is 5.69 Å². The lowest BCUT2D eigenvalue weighted by Gasteiger charge is -2.30. The van der Waals surface area contributed by atoms with E-state index in [1.165, 1.54) is 0 Å². The molecule has 3 N–H and O–H groups in total. The van der Waals surface area contributed by atoms with Gasteiger partial charge in [0.05, 0.1) is 5.56 Å². The van der Waals surface area contributed by atoms with Gasteiger partial charge in [-0.25, -0.2) is 0 Å². The summed E-state index contributed by atoms with van der Waals surface area (Å²) in [5.74, 6) is 1.14. The molecule has 0 saturated carbocycles. The molecule has 3 nitrogen and oxygen atoms in total. The minimum absolute atomic E-state index is 0.157. The van der Waals surface area contributed by atoms with E-state index in [9.17, 15) is 0 Å². The van der Waals surface area contributed by atoms with E-state index < -0.39 is 0 Å². The highest BCUT2D eigenvalue weighted by Crippen LogP contribution is 2.31. The number of nitrogen functional groups attached to an aromatic ring is 1. The maximum Gasteiger partial charge on any atom is 0.126 e. The van der Waals surface area contributed by atoms with Crippen LogP contribution in [0.25, 0.3) is 0 Å². The third-order valence-corrected chi connectivity index (χ3v) is 4.38. The second-order valence-corrected chi connectivity index (χ2v) is 5.88. The third-order valence-electron chi connectivity index (χ3n) is 3.44. The van der Waals surface area contributed by atoms with Crippen molar-refractivity contribution >= 4 is 23.3 Å². The van der Waals surface area contributed by atoms with E-state index in [-0.39, 0.29) is 5.84 Å². The van der Waals surface area contributed by atoms with E-state index >= 15 is 0 Å². The minimum atomic E-state index is 0.157. The summed E-state index contributed by atoms with van der Waals surface area (Å²) in [6, 6.07) is 6.66. The predicted octanol–water partition coefficient (Wildman–Crippen LogP) is 3.71. The number of rotatable bonds is 7. The van der Waals surface area contributed by atoms with Crippen molar-refractivity contribution in [2.24, 2.45) is 5.73 Å². The molecule has 0 saturated heterocycles. The average molecular weight is 279 g/mol. The Morgan fingerprint density at radius 1 is 1.32 bits per heavy atom. The van der Waals surface area contributed by atoms with Gasteiger partial charge in [0.15, 0.2) is 0 Å². The molecule has 1 aromatic rings. The lowest BCUT2D eigenvalue weighted by Crippen LogP contribution is -2.32. The zero-order valence-electron chi connectivity index (χ0n) is 12.4. The Balaban J connectivity index is 3.26. The number of hydrogen-bond acceptors (Lipinski definition) is 3. The molecular weight excluding hydrogens is 254 g/mol. The second kappa shape index (κ2) is 7.43. The first-order valence-electron chi connectivity index (χ1n) is 6.89. The van der Waals surface area contributed by atoms with E-state index in [2.05, 4.69) is 50.9 Å². The van der Waals surface area contributed by atoms with Crippen LogP contribution < -0.4 is 10.6 Å². The molecule has 0 amide bonds. The number of anilines is 1. The van der Waals surface area contributed by atoms with Crippen molar-refractivity contribution in [3.8, 4) is 0 Å². The number of nitrogens with zero attached hydrogens (tertiary/aromatic N) is 1. The highest BCUT2D eigenvalue weighted by Gasteiger charge is 2.18. The van der Waals surface area contributed by atoms with Gasteiger partial charge in [0, 0.05) is 23.7 Å². The zero-order chi connectivity index (χ0) is 14.4. The van der Waals surface area contributed by atoms with Crippen molar-refractivity contribution in [2.45, 2.75) is 44.6 Å². The maximum atomic E-state index is 7.88. The Kier molecular flexibility index (Phi) is 6.22. The van der Waals surface area contributed by atoms with Crippen molar-refractivity contribution < 1.29 is 0 Å². The Hall–Kier alpha value is -1.16. The van der Waals surface area contributed by atoms with Gasteiger partial charge in [-0.3, -0.25) is 5.41 Å². The van der Waals surface area contributed by atoms with Crippen LogP contribution in [0.3, 0.4) is 0 Å². The first-order valence-corrected chi connectivity index (χ1v) is 7.88. The van der Waals surface area contributed by atoms with Crippen LogP contribution in [0.1, 0.15) is 39.2 Å². The number of nitrogens with two attached hydrogens (primary N) is 1. The van der Waals surface area contributed by atoms with Crippen molar-refractivity contribution in [1.29, 1.82) is 5.41 Å². The molecule has 0 heterocycles. The van der Waals surface area contributed by atoms with Gasteiger partial charge in [0.25, 0.3) is 0 Å². The molecule has 1 aromatic carbocycles. The zero-order valence-corrected chi connectivity index (χ0v) is 13.2. The number of benzene rings is 1. The minimum Gasteiger partial charge on any atom is -0.384 e. The van der Waals surface area contributed by atoms with Crippen LogP contribution in [0.15, 0.2) is 23.1 Å². The van der Waals surface area contributed by atoms with Gasteiger partial charge in [-0.05, 0) is 30.7 Å². The molecule has 0 fully saturated rings. The molecule has 0 bridgehead atoms. The van der Waals surface area contributed by atoms with Crippen molar-refractivity contribution in [1.82, 2.24) is 0 Å². The summed E-state index contributed by atoms with van der Waals surface area (Å²) in [5, 5.41) is 7.88. The van der Waals surface area contributed by atoms with Crippen LogP contribution in [0.5, 0.6) is 0 Å². The largest absolute Gasteiger partial charge is 0.384 e. The fourth-order valence-corrected chi connectivity index (χ4v) is 3.24.